The summed E-state index contributed by atoms with van der Waals surface area (Å²) in [6.07, 6.45) is 1.52. The van der Waals surface area contributed by atoms with E-state index in [1.165, 1.54) is 6.07 Å². The number of benzene rings is 1. The van der Waals surface area contributed by atoms with Crippen LogP contribution in [0.15, 0.2) is 23.2 Å². The molecule has 3 rings (SSSR count). The van der Waals surface area contributed by atoms with Gasteiger partial charge in [-0.2, -0.15) is 0 Å². The van der Waals surface area contributed by atoms with Crippen LogP contribution in [-0.2, 0) is 16.1 Å². The van der Waals surface area contributed by atoms with Crippen molar-refractivity contribution in [2.24, 2.45) is 4.99 Å². The molecule has 2 aliphatic heterocycles. The highest BCUT2D eigenvalue weighted by Crippen LogP contribution is 2.17. The van der Waals surface area contributed by atoms with Crippen LogP contribution < -0.4 is 5.32 Å². The van der Waals surface area contributed by atoms with Crippen molar-refractivity contribution < 1.29 is 13.9 Å². The molecule has 0 radical (unpaired) electrons. The normalized spacial score (nSPS) is 20.4. The molecule has 2 aliphatic rings. The standard InChI is InChI=1S/C18H24ClFN4O2.HI/c1-21-18(22-12-13-4-5-15(20)14(19)11-13)24-8-6-23(7-9-24)17(25)16-3-2-10-26-16;/h4-5,11,16H,2-3,6-10,12H2,1H3,(H,21,22);1H. The average Bonchev–Trinajstić information content (AvgIpc) is 3.20. The first kappa shape index (κ1) is 22.2. The van der Waals surface area contributed by atoms with Crippen LogP contribution in [0.2, 0.25) is 5.02 Å². The molecular weight excluding hydrogens is 486 g/mol. The number of carbonyl (C=O) groups excluding carboxylic acids is 1. The zero-order valence-electron chi connectivity index (χ0n) is 15.3. The number of nitrogens with zero attached hydrogens (tertiary/aromatic N) is 3. The number of carbonyl (C=O) groups is 1. The van der Waals surface area contributed by atoms with Crippen molar-refractivity contribution in [1.82, 2.24) is 15.1 Å². The Morgan fingerprint density at radius 2 is 2.04 bits per heavy atom. The highest BCUT2D eigenvalue weighted by Gasteiger charge is 2.30. The maximum Gasteiger partial charge on any atom is 0.251 e. The molecule has 1 amide bonds. The summed E-state index contributed by atoms with van der Waals surface area (Å²) < 4.78 is 18.7. The molecule has 2 saturated heterocycles. The highest BCUT2D eigenvalue weighted by molar-refractivity contribution is 14.0. The fourth-order valence-corrected chi connectivity index (χ4v) is 3.48. The molecule has 2 fully saturated rings. The van der Waals surface area contributed by atoms with Gasteiger partial charge in [0.25, 0.3) is 5.91 Å². The van der Waals surface area contributed by atoms with E-state index in [9.17, 15) is 9.18 Å². The second-order valence-corrected chi connectivity index (χ2v) is 6.87. The van der Waals surface area contributed by atoms with Crippen molar-refractivity contribution in [2.75, 3.05) is 39.8 Å². The lowest BCUT2D eigenvalue weighted by molar-refractivity contribution is -0.142. The summed E-state index contributed by atoms with van der Waals surface area (Å²) in [7, 11) is 1.73. The zero-order chi connectivity index (χ0) is 18.5. The van der Waals surface area contributed by atoms with E-state index in [0.29, 0.717) is 39.3 Å². The van der Waals surface area contributed by atoms with Gasteiger partial charge in [-0.05, 0) is 30.5 Å². The second-order valence-electron chi connectivity index (χ2n) is 6.46. The second kappa shape index (κ2) is 10.4. The number of ether oxygens (including phenoxy) is 1. The molecule has 27 heavy (non-hydrogen) atoms. The largest absolute Gasteiger partial charge is 0.368 e. The SMILES string of the molecule is CN=C(NCc1ccc(F)c(Cl)c1)N1CCN(C(=O)C2CCCO2)CC1.I. The number of rotatable bonds is 3. The van der Waals surface area contributed by atoms with Crippen molar-refractivity contribution in [3.8, 4) is 0 Å². The third-order valence-electron chi connectivity index (χ3n) is 4.74. The maximum absolute atomic E-state index is 13.2. The van der Waals surface area contributed by atoms with E-state index in [4.69, 9.17) is 16.3 Å². The van der Waals surface area contributed by atoms with Gasteiger partial charge in [-0.25, -0.2) is 4.39 Å². The number of aliphatic imine (C=N–C) groups is 1. The van der Waals surface area contributed by atoms with Gasteiger partial charge in [-0.15, -0.1) is 24.0 Å². The Labute approximate surface area is 181 Å². The number of nitrogens with one attached hydrogen (secondary N) is 1. The van der Waals surface area contributed by atoms with E-state index in [0.717, 1.165) is 24.4 Å². The predicted molar refractivity (Wildman–Crippen MR) is 114 cm³/mol. The van der Waals surface area contributed by atoms with Crippen LogP contribution in [0.25, 0.3) is 0 Å². The predicted octanol–water partition coefficient (Wildman–Crippen LogP) is 2.50. The Morgan fingerprint density at radius 3 is 2.63 bits per heavy atom. The number of piperazine rings is 1. The highest BCUT2D eigenvalue weighted by atomic mass is 127. The van der Waals surface area contributed by atoms with Gasteiger partial charge < -0.3 is 19.9 Å². The summed E-state index contributed by atoms with van der Waals surface area (Å²) in [5, 5.41) is 3.38. The van der Waals surface area contributed by atoms with Crippen molar-refractivity contribution in [3.05, 3.63) is 34.6 Å². The lowest BCUT2D eigenvalue weighted by Gasteiger charge is -2.37. The number of guanidine groups is 1. The summed E-state index contributed by atoms with van der Waals surface area (Å²) in [5.74, 6) is 0.438. The molecule has 1 N–H and O–H groups in total. The first-order valence-corrected chi connectivity index (χ1v) is 9.26. The van der Waals surface area contributed by atoms with Gasteiger partial charge in [0.05, 0.1) is 5.02 Å². The van der Waals surface area contributed by atoms with Crippen LogP contribution in [0.1, 0.15) is 18.4 Å². The van der Waals surface area contributed by atoms with Crippen LogP contribution in [-0.4, -0.2) is 67.6 Å². The van der Waals surface area contributed by atoms with Crippen molar-refractivity contribution in [1.29, 1.82) is 0 Å². The average molecular weight is 511 g/mol. The third-order valence-corrected chi connectivity index (χ3v) is 5.03. The summed E-state index contributed by atoms with van der Waals surface area (Å²) >= 11 is 5.82. The lowest BCUT2D eigenvalue weighted by Crippen LogP contribution is -2.55. The molecule has 0 aliphatic carbocycles. The zero-order valence-corrected chi connectivity index (χ0v) is 18.4. The number of hydrogen-bond donors (Lipinski definition) is 1. The fraction of sp³-hybridized carbons (Fsp3) is 0.556. The van der Waals surface area contributed by atoms with E-state index in [1.807, 2.05) is 4.90 Å². The first-order chi connectivity index (χ1) is 12.6. The Balaban J connectivity index is 0.00000261. The fourth-order valence-electron chi connectivity index (χ4n) is 3.28. The van der Waals surface area contributed by atoms with Crippen LogP contribution in [0.5, 0.6) is 0 Å². The van der Waals surface area contributed by atoms with Crippen LogP contribution >= 0.6 is 35.6 Å². The van der Waals surface area contributed by atoms with Gasteiger partial charge in [-0.1, -0.05) is 17.7 Å². The summed E-state index contributed by atoms with van der Waals surface area (Å²) in [5.41, 5.74) is 0.879. The van der Waals surface area contributed by atoms with Gasteiger partial charge in [0.15, 0.2) is 5.96 Å². The summed E-state index contributed by atoms with van der Waals surface area (Å²) in [6, 6.07) is 4.66. The van der Waals surface area contributed by atoms with Gasteiger partial charge in [0, 0.05) is 46.4 Å². The monoisotopic (exact) mass is 510 g/mol. The van der Waals surface area contributed by atoms with E-state index < -0.39 is 5.82 Å². The minimum atomic E-state index is -0.424. The van der Waals surface area contributed by atoms with Crippen molar-refractivity contribution >= 4 is 47.4 Å². The van der Waals surface area contributed by atoms with Gasteiger partial charge in [-0.3, -0.25) is 9.79 Å². The molecular formula is C18H25ClFIN4O2. The quantitative estimate of drug-likeness (QED) is 0.386. The van der Waals surface area contributed by atoms with E-state index >= 15 is 0 Å². The molecule has 0 saturated carbocycles. The molecule has 6 nitrogen and oxygen atoms in total. The summed E-state index contributed by atoms with van der Waals surface area (Å²) in [4.78, 5) is 20.7. The third kappa shape index (κ3) is 5.68. The van der Waals surface area contributed by atoms with Gasteiger partial charge in [0.1, 0.15) is 11.9 Å². The smallest absolute Gasteiger partial charge is 0.251 e. The Hall–Kier alpha value is -1.13. The Bertz CT molecular complexity index is 677. The molecule has 2 heterocycles. The molecule has 1 atom stereocenters. The Morgan fingerprint density at radius 1 is 1.33 bits per heavy atom. The van der Waals surface area contributed by atoms with Crippen molar-refractivity contribution in [3.63, 3.8) is 0 Å². The van der Waals surface area contributed by atoms with Crippen LogP contribution in [0, 0.1) is 5.82 Å². The molecule has 150 valence electrons. The topological polar surface area (TPSA) is 57.2 Å². The van der Waals surface area contributed by atoms with E-state index in [-0.39, 0.29) is 41.0 Å². The maximum atomic E-state index is 13.2. The molecule has 0 spiro atoms. The lowest BCUT2D eigenvalue weighted by atomic mass is 10.2. The molecule has 1 unspecified atom stereocenters. The van der Waals surface area contributed by atoms with Crippen LogP contribution in [0.4, 0.5) is 4.39 Å². The minimum Gasteiger partial charge on any atom is -0.368 e. The molecule has 1 aromatic carbocycles. The van der Waals surface area contributed by atoms with Gasteiger partial charge in [0.2, 0.25) is 0 Å². The summed E-state index contributed by atoms with van der Waals surface area (Å²) in [6.45, 7) is 3.91. The number of halogens is 3. The molecule has 0 aromatic heterocycles. The van der Waals surface area contributed by atoms with Crippen molar-refractivity contribution in [2.45, 2.75) is 25.5 Å². The number of amides is 1. The molecule has 1 aromatic rings. The molecule has 0 bridgehead atoms. The molecule has 9 heteroatoms. The van der Waals surface area contributed by atoms with Gasteiger partial charge >= 0.3 is 0 Å². The Kier molecular flexibility index (Phi) is 8.56. The number of hydrogen-bond acceptors (Lipinski definition) is 3. The first-order valence-electron chi connectivity index (χ1n) is 8.88. The van der Waals surface area contributed by atoms with E-state index in [2.05, 4.69) is 15.2 Å². The van der Waals surface area contributed by atoms with Crippen LogP contribution in [0.3, 0.4) is 0 Å². The minimum absolute atomic E-state index is 0. The van der Waals surface area contributed by atoms with E-state index in [1.54, 1.807) is 19.2 Å².